The standard InChI is InChI=1S/C16H29N3O/c1-8-20-14(16(4,5)6)15-18-12(9-11(2)3)10-13(17-7)19-15/h10-11,14H,8-9H2,1-7H3,(H,17,18,19). The average molecular weight is 279 g/mol. The van der Waals surface area contributed by atoms with Crippen LogP contribution >= 0.6 is 0 Å². The lowest BCUT2D eigenvalue weighted by Crippen LogP contribution is -2.24. The summed E-state index contributed by atoms with van der Waals surface area (Å²) in [7, 11) is 1.89. The van der Waals surface area contributed by atoms with Crippen molar-refractivity contribution in [3.8, 4) is 0 Å². The summed E-state index contributed by atoms with van der Waals surface area (Å²) in [6.07, 6.45) is 0.861. The molecule has 1 N–H and O–H groups in total. The summed E-state index contributed by atoms with van der Waals surface area (Å²) in [5, 5.41) is 3.12. The fraction of sp³-hybridized carbons (Fsp3) is 0.750. The lowest BCUT2D eigenvalue weighted by molar-refractivity contribution is -0.0191. The number of ether oxygens (including phenoxy) is 1. The molecule has 0 saturated heterocycles. The summed E-state index contributed by atoms with van der Waals surface area (Å²) < 4.78 is 5.90. The minimum absolute atomic E-state index is 0.0303. The molecule has 0 radical (unpaired) electrons. The first-order valence-electron chi connectivity index (χ1n) is 7.45. The molecule has 0 amide bonds. The second-order valence-electron chi connectivity index (χ2n) is 6.65. The number of aromatic nitrogens is 2. The Hall–Kier alpha value is -1.16. The van der Waals surface area contributed by atoms with Crippen LogP contribution in [0, 0.1) is 11.3 Å². The zero-order valence-corrected chi connectivity index (χ0v) is 13.9. The van der Waals surface area contributed by atoms with Gasteiger partial charge in [0.15, 0.2) is 5.82 Å². The minimum atomic E-state index is -0.0910. The van der Waals surface area contributed by atoms with Gasteiger partial charge in [0.2, 0.25) is 0 Å². The van der Waals surface area contributed by atoms with Crippen LogP contribution in [0.25, 0.3) is 0 Å². The van der Waals surface area contributed by atoms with Gasteiger partial charge >= 0.3 is 0 Å². The Balaban J connectivity index is 3.19. The molecule has 0 aromatic carbocycles. The van der Waals surface area contributed by atoms with E-state index in [0.29, 0.717) is 12.5 Å². The Morgan fingerprint density at radius 2 is 1.90 bits per heavy atom. The molecule has 4 heteroatoms. The fourth-order valence-electron chi connectivity index (χ4n) is 2.16. The number of nitrogens with zero attached hydrogens (tertiary/aromatic N) is 2. The van der Waals surface area contributed by atoms with Crippen LogP contribution in [0.5, 0.6) is 0 Å². The predicted octanol–water partition coefficient (Wildman–Crippen LogP) is 3.84. The van der Waals surface area contributed by atoms with Crippen molar-refractivity contribution in [1.29, 1.82) is 0 Å². The third-order valence-corrected chi connectivity index (χ3v) is 3.02. The van der Waals surface area contributed by atoms with Crippen LogP contribution in [-0.2, 0) is 11.2 Å². The zero-order chi connectivity index (χ0) is 15.3. The van der Waals surface area contributed by atoms with Gasteiger partial charge in [-0.05, 0) is 24.7 Å². The summed E-state index contributed by atoms with van der Waals surface area (Å²) in [6.45, 7) is 13.5. The van der Waals surface area contributed by atoms with E-state index in [1.165, 1.54) is 0 Å². The first-order valence-corrected chi connectivity index (χ1v) is 7.45. The van der Waals surface area contributed by atoms with Gasteiger partial charge in [0.05, 0.1) is 0 Å². The number of rotatable bonds is 6. The van der Waals surface area contributed by atoms with Crippen molar-refractivity contribution in [2.45, 2.75) is 54.1 Å². The summed E-state index contributed by atoms with van der Waals surface area (Å²) in [5.74, 6) is 2.21. The van der Waals surface area contributed by atoms with Gasteiger partial charge in [-0.3, -0.25) is 0 Å². The monoisotopic (exact) mass is 279 g/mol. The average Bonchev–Trinajstić information content (AvgIpc) is 2.33. The van der Waals surface area contributed by atoms with Gasteiger partial charge in [0.25, 0.3) is 0 Å². The molecule has 0 aliphatic rings. The Morgan fingerprint density at radius 3 is 2.35 bits per heavy atom. The number of nitrogens with one attached hydrogen (secondary N) is 1. The van der Waals surface area contributed by atoms with Crippen LogP contribution in [0.15, 0.2) is 6.07 Å². The molecule has 1 heterocycles. The molecule has 0 saturated carbocycles. The predicted molar refractivity (Wildman–Crippen MR) is 83.9 cm³/mol. The van der Waals surface area contributed by atoms with E-state index in [2.05, 4.69) is 44.9 Å². The van der Waals surface area contributed by atoms with Crippen LogP contribution in [0.3, 0.4) is 0 Å². The van der Waals surface area contributed by atoms with Crippen LogP contribution in [0.4, 0.5) is 5.82 Å². The number of hydrogen-bond donors (Lipinski definition) is 1. The molecule has 0 spiro atoms. The molecule has 1 aromatic heterocycles. The second kappa shape index (κ2) is 7.02. The van der Waals surface area contributed by atoms with Crippen molar-refractivity contribution in [1.82, 2.24) is 9.97 Å². The molecular formula is C16H29N3O. The summed E-state index contributed by atoms with van der Waals surface area (Å²) in [5.41, 5.74) is 1.04. The molecular weight excluding hydrogens is 250 g/mol. The van der Waals surface area contributed by atoms with Crippen molar-refractivity contribution < 1.29 is 4.74 Å². The zero-order valence-electron chi connectivity index (χ0n) is 13.9. The highest BCUT2D eigenvalue weighted by Crippen LogP contribution is 2.34. The topological polar surface area (TPSA) is 47.0 Å². The van der Waals surface area contributed by atoms with Crippen LogP contribution < -0.4 is 5.32 Å². The van der Waals surface area contributed by atoms with Gasteiger partial charge in [-0.2, -0.15) is 0 Å². The lowest BCUT2D eigenvalue weighted by Gasteiger charge is -2.29. The van der Waals surface area contributed by atoms with E-state index >= 15 is 0 Å². The van der Waals surface area contributed by atoms with E-state index in [1.807, 2.05) is 20.0 Å². The lowest BCUT2D eigenvalue weighted by atomic mass is 9.88. The largest absolute Gasteiger partial charge is 0.373 e. The molecule has 1 unspecified atom stereocenters. The minimum Gasteiger partial charge on any atom is -0.373 e. The van der Waals surface area contributed by atoms with E-state index in [4.69, 9.17) is 9.72 Å². The Morgan fingerprint density at radius 1 is 1.25 bits per heavy atom. The van der Waals surface area contributed by atoms with Crippen molar-refractivity contribution in [2.24, 2.45) is 11.3 Å². The molecule has 0 aliphatic carbocycles. The molecule has 1 rings (SSSR count). The highest BCUT2D eigenvalue weighted by atomic mass is 16.5. The quantitative estimate of drug-likeness (QED) is 0.859. The highest BCUT2D eigenvalue weighted by Gasteiger charge is 2.30. The second-order valence-corrected chi connectivity index (χ2v) is 6.65. The van der Waals surface area contributed by atoms with Gasteiger partial charge in [-0.1, -0.05) is 34.6 Å². The van der Waals surface area contributed by atoms with Gasteiger partial charge in [0, 0.05) is 25.4 Å². The molecule has 1 atom stereocenters. The fourth-order valence-corrected chi connectivity index (χ4v) is 2.16. The Labute approximate surface area is 123 Å². The van der Waals surface area contributed by atoms with E-state index < -0.39 is 0 Å². The van der Waals surface area contributed by atoms with Crippen molar-refractivity contribution in [3.05, 3.63) is 17.6 Å². The summed E-state index contributed by atoms with van der Waals surface area (Å²) in [6, 6.07) is 2.02. The first-order chi connectivity index (χ1) is 9.27. The van der Waals surface area contributed by atoms with Crippen LogP contribution in [-0.4, -0.2) is 23.6 Å². The Bertz CT molecular complexity index is 424. The maximum Gasteiger partial charge on any atom is 0.160 e. The number of anilines is 1. The first kappa shape index (κ1) is 16.9. The van der Waals surface area contributed by atoms with E-state index in [0.717, 1.165) is 23.8 Å². The van der Waals surface area contributed by atoms with Gasteiger partial charge in [-0.15, -0.1) is 0 Å². The highest BCUT2D eigenvalue weighted by molar-refractivity contribution is 5.35. The molecule has 0 aliphatic heterocycles. The maximum atomic E-state index is 5.90. The third kappa shape index (κ3) is 4.75. The van der Waals surface area contributed by atoms with Crippen LogP contribution in [0.1, 0.15) is 59.2 Å². The third-order valence-electron chi connectivity index (χ3n) is 3.02. The SMILES string of the molecule is CCOC(c1nc(CC(C)C)cc(NC)n1)C(C)(C)C. The maximum absolute atomic E-state index is 5.90. The molecule has 20 heavy (non-hydrogen) atoms. The smallest absolute Gasteiger partial charge is 0.160 e. The Kier molecular flexibility index (Phi) is 5.93. The van der Waals surface area contributed by atoms with Crippen molar-refractivity contribution in [2.75, 3.05) is 19.0 Å². The summed E-state index contributed by atoms with van der Waals surface area (Å²) in [4.78, 5) is 9.33. The molecule has 0 fully saturated rings. The number of hydrogen-bond acceptors (Lipinski definition) is 4. The van der Waals surface area contributed by atoms with E-state index in [-0.39, 0.29) is 11.5 Å². The van der Waals surface area contributed by atoms with Gasteiger partial charge < -0.3 is 10.1 Å². The van der Waals surface area contributed by atoms with E-state index in [1.54, 1.807) is 0 Å². The molecule has 0 bridgehead atoms. The van der Waals surface area contributed by atoms with Gasteiger partial charge in [0.1, 0.15) is 11.9 Å². The molecule has 4 nitrogen and oxygen atoms in total. The van der Waals surface area contributed by atoms with Crippen molar-refractivity contribution >= 4 is 5.82 Å². The van der Waals surface area contributed by atoms with Crippen LogP contribution in [0.2, 0.25) is 0 Å². The normalized spacial score (nSPS) is 13.6. The van der Waals surface area contributed by atoms with E-state index in [9.17, 15) is 0 Å². The summed E-state index contributed by atoms with van der Waals surface area (Å²) >= 11 is 0. The molecule has 114 valence electrons. The molecule has 1 aromatic rings. The van der Waals surface area contributed by atoms with Crippen molar-refractivity contribution in [3.63, 3.8) is 0 Å². The van der Waals surface area contributed by atoms with Gasteiger partial charge in [-0.25, -0.2) is 9.97 Å².